The first kappa shape index (κ1) is 24.6. The maximum absolute atomic E-state index is 14.8. The van der Waals surface area contributed by atoms with Crippen LogP contribution in [0.1, 0.15) is 5.56 Å². The Labute approximate surface area is 205 Å². The van der Waals surface area contributed by atoms with Gasteiger partial charge >= 0.3 is 0 Å². The number of hydrogen-bond donors (Lipinski definition) is 2. The van der Waals surface area contributed by atoms with Gasteiger partial charge in [0.1, 0.15) is 17.4 Å². The van der Waals surface area contributed by atoms with E-state index in [1.807, 2.05) is 50.2 Å². The number of carbonyl (C=O) groups excluding carboxylic acids is 1. The van der Waals surface area contributed by atoms with Crippen molar-refractivity contribution in [1.82, 2.24) is 15.2 Å². The number of aromatic nitrogens is 1. The number of pyridine rings is 1. The molecule has 3 aromatic rings. The number of phenolic OH excluding ortho intramolecular Hbond substituents is 1. The van der Waals surface area contributed by atoms with Crippen molar-refractivity contribution >= 4 is 17.9 Å². The van der Waals surface area contributed by atoms with E-state index in [1.165, 1.54) is 12.1 Å². The van der Waals surface area contributed by atoms with Crippen LogP contribution in [0, 0.1) is 12.7 Å². The highest BCUT2D eigenvalue weighted by molar-refractivity contribution is 5.85. The van der Waals surface area contributed by atoms with Gasteiger partial charge in [-0.15, -0.1) is 0 Å². The van der Waals surface area contributed by atoms with Gasteiger partial charge in [-0.3, -0.25) is 4.79 Å². The summed E-state index contributed by atoms with van der Waals surface area (Å²) in [5.74, 6) is 0.382. The molecule has 2 heterocycles. The van der Waals surface area contributed by atoms with Crippen LogP contribution in [0.25, 0.3) is 22.3 Å². The molecule has 0 aliphatic carbocycles. The number of nitrogens with one attached hydrogen (secondary N) is 1. The zero-order valence-corrected chi connectivity index (χ0v) is 20.5. The molecule has 0 radical (unpaired) electrons. The monoisotopic (exact) mass is 477 g/mol. The van der Waals surface area contributed by atoms with Crippen molar-refractivity contribution < 1.29 is 14.3 Å². The number of nitrogens with zero attached hydrogens (tertiary/aromatic N) is 4. The lowest BCUT2D eigenvalue weighted by Crippen LogP contribution is -2.43. The van der Waals surface area contributed by atoms with E-state index in [4.69, 9.17) is 0 Å². The Morgan fingerprint density at radius 3 is 2.37 bits per heavy atom. The van der Waals surface area contributed by atoms with E-state index >= 15 is 0 Å². The van der Waals surface area contributed by atoms with E-state index in [9.17, 15) is 14.3 Å². The van der Waals surface area contributed by atoms with Gasteiger partial charge in [0.05, 0.1) is 0 Å². The highest BCUT2D eigenvalue weighted by Gasteiger charge is 2.18. The van der Waals surface area contributed by atoms with Gasteiger partial charge in [0.15, 0.2) is 0 Å². The standard InChI is InChI=1S/C27H32FN5O2/c1-19-14-20(4-5-25(19)33(18-34)13-12-31(2)3)23-16-22(28)17-24(27(23)35)21-6-7-30-26(15-21)32-10-8-29-9-11-32/h4-7,14-18,29,35H,8-13H2,1-3H3. The Bertz CT molecular complexity index is 1190. The molecule has 2 aromatic carbocycles. The lowest BCUT2D eigenvalue weighted by Gasteiger charge is -2.28. The second kappa shape index (κ2) is 10.8. The fourth-order valence-electron chi connectivity index (χ4n) is 4.38. The number of likely N-dealkylation sites (N-methyl/N-ethyl adjacent to an activating group) is 1. The molecule has 1 aliphatic heterocycles. The molecule has 1 aromatic heterocycles. The van der Waals surface area contributed by atoms with Crippen LogP contribution in [0.4, 0.5) is 15.9 Å². The summed E-state index contributed by atoms with van der Waals surface area (Å²) in [5.41, 5.74) is 3.86. The lowest BCUT2D eigenvalue weighted by molar-refractivity contribution is -0.107. The molecule has 8 heteroatoms. The third-order valence-corrected chi connectivity index (χ3v) is 6.30. The first-order valence-electron chi connectivity index (χ1n) is 11.8. The molecule has 35 heavy (non-hydrogen) atoms. The second-order valence-electron chi connectivity index (χ2n) is 9.09. The molecule has 0 spiro atoms. The van der Waals surface area contributed by atoms with Crippen LogP contribution in [0.2, 0.25) is 0 Å². The van der Waals surface area contributed by atoms with Crippen LogP contribution in [0.5, 0.6) is 5.75 Å². The quantitative estimate of drug-likeness (QED) is 0.484. The number of phenols is 1. The van der Waals surface area contributed by atoms with Gasteiger partial charge in [-0.25, -0.2) is 9.37 Å². The SMILES string of the molecule is Cc1cc(-c2cc(F)cc(-c3ccnc(N4CCNCC4)c3)c2O)ccc1N(C=O)CCN(C)C. The molecular weight excluding hydrogens is 445 g/mol. The molecule has 0 saturated carbocycles. The molecule has 0 unspecified atom stereocenters. The molecule has 0 bridgehead atoms. The number of hydrogen-bond acceptors (Lipinski definition) is 6. The number of piperazine rings is 1. The third-order valence-electron chi connectivity index (χ3n) is 6.30. The topological polar surface area (TPSA) is 71.9 Å². The number of anilines is 2. The fraction of sp³-hybridized carbons (Fsp3) is 0.333. The van der Waals surface area contributed by atoms with Crippen LogP contribution in [-0.2, 0) is 4.79 Å². The summed E-state index contributed by atoms with van der Waals surface area (Å²) in [5, 5.41) is 14.5. The predicted octanol–water partition coefficient (Wildman–Crippen LogP) is 3.50. The summed E-state index contributed by atoms with van der Waals surface area (Å²) >= 11 is 0. The minimum Gasteiger partial charge on any atom is -0.507 e. The van der Waals surface area contributed by atoms with Crippen molar-refractivity contribution in [2.45, 2.75) is 6.92 Å². The van der Waals surface area contributed by atoms with E-state index in [1.54, 1.807) is 17.2 Å². The van der Waals surface area contributed by atoms with Crippen LogP contribution >= 0.6 is 0 Å². The third kappa shape index (κ3) is 5.61. The van der Waals surface area contributed by atoms with E-state index in [0.717, 1.165) is 56.2 Å². The normalized spacial score (nSPS) is 13.8. The summed E-state index contributed by atoms with van der Waals surface area (Å²) in [6, 6.07) is 11.9. The summed E-state index contributed by atoms with van der Waals surface area (Å²) in [6.45, 7) is 6.65. The number of amides is 1. The summed E-state index contributed by atoms with van der Waals surface area (Å²) in [7, 11) is 3.91. The van der Waals surface area contributed by atoms with Gasteiger partial charge in [-0.1, -0.05) is 6.07 Å². The molecule has 1 amide bonds. The van der Waals surface area contributed by atoms with Crippen molar-refractivity contribution in [3.05, 3.63) is 60.0 Å². The van der Waals surface area contributed by atoms with Gasteiger partial charge in [0, 0.05) is 62.3 Å². The van der Waals surface area contributed by atoms with E-state index in [0.29, 0.717) is 28.8 Å². The molecule has 2 N–H and O–H groups in total. The number of rotatable bonds is 8. The lowest BCUT2D eigenvalue weighted by atomic mass is 9.96. The highest BCUT2D eigenvalue weighted by Crippen LogP contribution is 2.40. The Morgan fingerprint density at radius 2 is 1.74 bits per heavy atom. The largest absolute Gasteiger partial charge is 0.507 e. The number of benzene rings is 2. The van der Waals surface area contributed by atoms with Gasteiger partial charge in [-0.2, -0.15) is 0 Å². The van der Waals surface area contributed by atoms with E-state index < -0.39 is 5.82 Å². The van der Waals surface area contributed by atoms with Gasteiger partial charge in [0.2, 0.25) is 6.41 Å². The van der Waals surface area contributed by atoms with Gasteiger partial charge in [-0.05, 0) is 74.1 Å². The maximum Gasteiger partial charge on any atom is 0.214 e. The van der Waals surface area contributed by atoms with Crippen LogP contribution in [0.15, 0.2) is 48.7 Å². The van der Waals surface area contributed by atoms with E-state index in [2.05, 4.69) is 15.2 Å². The van der Waals surface area contributed by atoms with Crippen molar-refractivity contribution in [1.29, 1.82) is 0 Å². The average Bonchev–Trinajstić information content (AvgIpc) is 2.86. The van der Waals surface area contributed by atoms with Gasteiger partial charge in [0.25, 0.3) is 0 Å². The minimum atomic E-state index is -0.435. The molecule has 1 fully saturated rings. The number of aromatic hydroxyl groups is 1. The molecular formula is C27H32FN5O2. The first-order chi connectivity index (χ1) is 16.9. The molecule has 7 nitrogen and oxygen atoms in total. The second-order valence-corrected chi connectivity index (χ2v) is 9.09. The fourth-order valence-corrected chi connectivity index (χ4v) is 4.38. The van der Waals surface area contributed by atoms with Crippen LogP contribution in [0.3, 0.4) is 0 Å². The molecule has 4 rings (SSSR count). The van der Waals surface area contributed by atoms with Gasteiger partial charge < -0.3 is 25.1 Å². The molecule has 1 aliphatic rings. The summed E-state index contributed by atoms with van der Waals surface area (Å²) < 4.78 is 14.8. The van der Waals surface area contributed by atoms with Crippen molar-refractivity contribution in [3.63, 3.8) is 0 Å². The van der Waals surface area contributed by atoms with Crippen molar-refractivity contribution in [3.8, 4) is 28.0 Å². The molecule has 184 valence electrons. The molecule has 0 atom stereocenters. The Balaban J connectivity index is 1.68. The highest BCUT2D eigenvalue weighted by atomic mass is 19.1. The van der Waals surface area contributed by atoms with Crippen LogP contribution < -0.4 is 15.1 Å². The smallest absolute Gasteiger partial charge is 0.214 e. The number of carbonyl (C=O) groups is 1. The Kier molecular flexibility index (Phi) is 7.63. The summed E-state index contributed by atoms with van der Waals surface area (Å²) in [6.07, 6.45) is 2.51. The molecule has 1 saturated heterocycles. The van der Waals surface area contributed by atoms with Crippen LogP contribution in [-0.4, -0.2) is 74.8 Å². The zero-order chi connectivity index (χ0) is 24.9. The van der Waals surface area contributed by atoms with Crippen molar-refractivity contribution in [2.24, 2.45) is 0 Å². The summed E-state index contributed by atoms with van der Waals surface area (Å²) in [4.78, 5) is 22.0. The first-order valence-corrected chi connectivity index (χ1v) is 11.8. The minimum absolute atomic E-state index is 0.0101. The maximum atomic E-state index is 14.8. The Morgan fingerprint density at radius 1 is 1.06 bits per heavy atom. The van der Waals surface area contributed by atoms with Crippen molar-refractivity contribution in [2.75, 3.05) is 63.2 Å². The zero-order valence-electron chi connectivity index (χ0n) is 20.5. The predicted molar refractivity (Wildman–Crippen MR) is 139 cm³/mol. The Hall–Kier alpha value is -3.49. The average molecular weight is 478 g/mol. The number of aryl methyl sites for hydroxylation is 1. The number of halogens is 1. The van der Waals surface area contributed by atoms with E-state index in [-0.39, 0.29) is 5.75 Å².